The van der Waals surface area contributed by atoms with Crippen molar-refractivity contribution in [1.29, 1.82) is 5.26 Å². The van der Waals surface area contributed by atoms with Gasteiger partial charge in [-0.15, -0.1) is 4.99 Å². The Morgan fingerprint density at radius 1 is 1.63 bits per heavy atom. The summed E-state index contributed by atoms with van der Waals surface area (Å²) in [5.74, 6) is 0.0566. The number of carboxylic acid groups (broad SMARTS) is 1. The van der Waals surface area contributed by atoms with Crippen LogP contribution in [0.4, 0.5) is 4.79 Å². The molecule has 1 unspecified atom stereocenters. The van der Waals surface area contributed by atoms with Gasteiger partial charge >= 0.3 is 6.09 Å². The average Bonchev–Trinajstić information content (AvgIpc) is 2.67. The summed E-state index contributed by atoms with van der Waals surface area (Å²) in [6, 6.07) is 7.49. The molecule has 2 atom stereocenters. The maximum Gasteiger partial charge on any atom is 0.407 e. The lowest BCUT2D eigenvalue weighted by Crippen LogP contribution is -2.41. The van der Waals surface area contributed by atoms with E-state index in [1.165, 1.54) is 16.7 Å². The van der Waals surface area contributed by atoms with Gasteiger partial charge in [-0.2, -0.15) is 5.26 Å². The smallest absolute Gasteiger partial charge is 0.407 e. The average molecular weight is 411 g/mol. The van der Waals surface area contributed by atoms with E-state index in [1.807, 2.05) is 24.5 Å². The second-order valence-corrected chi connectivity index (χ2v) is 7.36. The van der Waals surface area contributed by atoms with E-state index in [0.717, 1.165) is 18.4 Å². The number of likely N-dealkylation sites (tertiary alicyclic amines) is 1. The Bertz CT molecular complexity index is 710. The van der Waals surface area contributed by atoms with Gasteiger partial charge in [-0.3, -0.25) is 0 Å². The molecule has 1 aliphatic heterocycles. The number of nitrogens with zero attached hydrogens (tertiary/aromatic N) is 3. The molecule has 2 rings (SSSR count). The summed E-state index contributed by atoms with van der Waals surface area (Å²) in [6.07, 6.45) is 4.14. The quantitative estimate of drug-likeness (QED) is 0.322. The molecule has 2 N–H and O–H groups in total. The number of ether oxygens (including phenoxy) is 1. The molecular formula is C18H23ClN4O3S. The normalized spacial score (nSPS) is 18.6. The monoisotopic (exact) mass is 410 g/mol. The predicted octanol–water partition coefficient (Wildman–Crippen LogP) is 3.58. The molecule has 0 aliphatic carbocycles. The van der Waals surface area contributed by atoms with Crippen LogP contribution in [0.15, 0.2) is 29.3 Å². The van der Waals surface area contributed by atoms with Crippen molar-refractivity contribution in [2.45, 2.75) is 18.9 Å². The molecule has 1 aromatic rings. The van der Waals surface area contributed by atoms with Gasteiger partial charge in [0, 0.05) is 30.6 Å². The molecular weight excluding hydrogens is 388 g/mol. The van der Waals surface area contributed by atoms with Crippen LogP contribution >= 0.6 is 23.4 Å². The number of nitriles is 1. The molecule has 0 bridgehead atoms. The first-order chi connectivity index (χ1) is 13.0. The number of halogens is 1. The number of carbonyl (C=O) groups is 1. The number of benzene rings is 1. The van der Waals surface area contributed by atoms with Crippen LogP contribution in [0.3, 0.4) is 0 Å². The molecule has 1 aliphatic rings. The fraction of sp³-hybridized carbons (Fsp3) is 0.500. The standard InChI is InChI=1S/C18H23ClN4O3S/c1-27-17(22-12-20)21-7-9-26-16(13-4-2-6-15(19)10-13)14-5-3-8-23(11-14)18(24)25/h2,4,6,10,14,16H,3,5,7-9,11H2,1H3,(H,21,22)(H,24,25)/t14?,16-/m0/s1. The third-order valence-corrected chi connectivity index (χ3v) is 5.21. The van der Waals surface area contributed by atoms with Gasteiger partial charge in [-0.25, -0.2) is 4.79 Å². The minimum Gasteiger partial charge on any atom is -0.465 e. The Morgan fingerprint density at radius 3 is 3.11 bits per heavy atom. The Morgan fingerprint density at radius 2 is 2.44 bits per heavy atom. The Kier molecular flexibility index (Phi) is 8.72. The van der Waals surface area contributed by atoms with Gasteiger partial charge in [0.2, 0.25) is 6.19 Å². The third kappa shape index (κ3) is 6.61. The van der Waals surface area contributed by atoms with E-state index in [2.05, 4.69) is 10.3 Å². The van der Waals surface area contributed by atoms with Gasteiger partial charge in [0.25, 0.3) is 0 Å². The first-order valence-corrected chi connectivity index (χ1v) is 10.2. The van der Waals surface area contributed by atoms with Gasteiger partial charge in [-0.1, -0.05) is 35.5 Å². The first kappa shape index (κ1) is 21.4. The molecule has 1 saturated heterocycles. The van der Waals surface area contributed by atoms with E-state index in [1.54, 1.807) is 12.3 Å². The molecule has 0 spiro atoms. The van der Waals surface area contributed by atoms with Crippen molar-refractivity contribution in [1.82, 2.24) is 10.2 Å². The van der Waals surface area contributed by atoms with Crippen molar-refractivity contribution in [3.05, 3.63) is 34.9 Å². The van der Waals surface area contributed by atoms with Gasteiger partial charge in [-0.05, 0) is 36.8 Å². The summed E-state index contributed by atoms with van der Waals surface area (Å²) in [5.41, 5.74) is 0.940. The molecule has 9 heteroatoms. The SMILES string of the molecule is CS/C(=N/C#N)NCCO[C@@H](c1cccc(Cl)c1)C1CCCN(C(=O)O)C1. The summed E-state index contributed by atoms with van der Waals surface area (Å²) in [6.45, 7) is 1.88. The number of hydrogen-bond donors (Lipinski definition) is 2. The van der Waals surface area contributed by atoms with Gasteiger partial charge in [0.15, 0.2) is 5.17 Å². The van der Waals surface area contributed by atoms with Crippen LogP contribution in [-0.4, -0.2) is 53.8 Å². The topological polar surface area (TPSA) is 98.0 Å². The second kappa shape index (κ2) is 11.0. The van der Waals surface area contributed by atoms with E-state index in [0.29, 0.717) is 36.4 Å². The van der Waals surface area contributed by atoms with Crippen LogP contribution in [0, 0.1) is 17.4 Å². The molecule has 1 fully saturated rings. The maximum absolute atomic E-state index is 11.4. The van der Waals surface area contributed by atoms with Gasteiger partial charge in [0.1, 0.15) is 0 Å². The number of amides is 1. The summed E-state index contributed by atoms with van der Waals surface area (Å²) in [7, 11) is 0. The highest BCUT2D eigenvalue weighted by molar-refractivity contribution is 8.13. The van der Waals surface area contributed by atoms with Crippen LogP contribution in [0.5, 0.6) is 0 Å². The summed E-state index contributed by atoms with van der Waals surface area (Å²) < 4.78 is 6.14. The molecule has 27 heavy (non-hydrogen) atoms. The van der Waals surface area contributed by atoms with Crippen molar-refractivity contribution in [3.8, 4) is 6.19 Å². The minimum absolute atomic E-state index is 0.0566. The van der Waals surface area contributed by atoms with Gasteiger partial charge in [0.05, 0.1) is 12.7 Å². The largest absolute Gasteiger partial charge is 0.465 e. The van der Waals surface area contributed by atoms with Crippen LogP contribution in [-0.2, 0) is 4.74 Å². The van der Waals surface area contributed by atoms with E-state index in [9.17, 15) is 9.90 Å². The molecule has 146 valence electrons. The van der Waals surface area contributed by atoms with Crippen molar-refractivity contribution >= 4 is 34.6 Å². The van der Waals surface area contributed by atoms with E-state index in [-0.39, 0.29) is 12.0 Å². The van der Waals surface area contributed by atoms with Crippen molar-refractivity contribution < 1.29 is 14.6 Å². The summed E-state index contributed by atoms with van der Waals surface area (Å²) >= 11 is 7.50. The van der Waals surface area contributed by atoms with Gasteiger partial charge < -0.3 is 20.1 Å². The Hall–Kier alpha value is -1.95. The fourth-order valence-electron chi connectivity index (χ4n) is 3.17. The number of aliphatic imine (C=N–C) groups is 1. The number of piperidine rings is 1. The van der Waals surface area contributed by atoms with E-state index in [4.69, 9.17) is 21.6 Å². The Labute approximate surface area is 168 Å². The molecule has 7 nitrogen and oxygen atoms in total. The third-order valence-electron chi connectivity index (χ3n) is 4.35. The van der Waals surface area contributed by atoms with Crippen LogP contribution in [0.25, 0.3) is 0 Å². The van der Waals surface area contributed by atoms with Crippen LogP contribution < -0.4 is 5.32 Å². The first-order valence-electron chi connectivity index (χ1n) is 8.64. The zero-order valence-corrected chi connectivity index (χ0v) is 16.7. The summed E-state index contributed by atoms with van der Waals surface area (Å²) in [4.78, 5) is 16.5. The molecule has 0 aromatic heterocycles. The number of rotatable bonds is 6. The van der Waals surface area contributed by atoms with Crippen LogP contribution in [0.1, 0.15) is 24.5 Å². The number of hydrogen-bond acceptors (Lipinski definition) is 5. The van der Waals surface area contributed by atoms with E-state index >= 15 is 0 Å². The lowest BCUT2D eigenvalue weighted by molar-refractivity contribution is -0.0107. The number of amidine groups is 1. The minimum atomic E-state index is -0.900. The lowest BCUT2D eigenvalue weighted by Gasteiger charge is -2.35. The zero-order valence-electron chi connectivity index (χ0n) is 15.1. The van der Waals surface area contributed by atoms with Crippen molar-refractivity contribution in [2.24, 2.45) is 10.9 Å². The van der Waals surface area contributed by atoms with Crippen molar-refractivity contribution in [2.75, 3.05) is 32.5 Å². The van der Waals surface area contributed by atoms with Crippen LogP contribution in [0.2, 0.25) is 5.02 Å². The lowest BCUT2D eigenvalue weighted by atomic mass is 9.88. The number of nitrogens with one attached hydrogen (secondary N) is 1. The highest BCUT2D eigenvalue weighted by Gasteiger charge is 2.31. The molecule has 0 saturated carbocycles. The zero-order chi connectivity index (χ0) is 19.6. The molecule has 1 heterocycles. The Balaban J connectivity index is 2.05. The van der Waals surface area contributed by atoms with E-state index < -0.39 is 6.09 Å². The maximum atomic E-state index is 11.4. The highest BCUT2D eigenvalue weighted by Crippen LogP contribution is 2.33. The highest BCUT2D eigenvalue weighted by atomic mass is 35.5. The fourth-order valence-corrected chi connectivity index (χ4v) is 3.74. The second-order valence-electron chi connectivity index (χ2n) is 6.13. The summed E-state index contributed by atoms with van der Waals surface area (Å²) in [5, 5.41) is 22.2. The molecule has 1 aromatic carbocycles. The predicted molar refractivity (Wildman–Crippen MR) is 107 cm³/mol. The number of thioether (sulfide) groups is 1. The van der Waals surface area contributed by atoms with Crippen molar-refractivity contribution in [3.63, 3.8) is 0 Å². The molecule has 0 radical (unpaired) electrons. The molecule has 1 amide bonds.